The van der Waals surface area contributed by atoms with Crippen LogP contribution in [-0.4, -0.2) is 35.3 Å². The number of carbonyl (C=O) groups excluding carboxylic acids is 1. The number of nitrogens with zero attached hydrogens (tertiary/aromatic N) is 3. The Hall–Kier alpha value is -3.68. The van der Waals surface area contributed by atoms with Crippen molar-refractivity contribution in [2.75, 3.05) is 13.7 Å². The number of methoxy groups -OCH3 is 1. The molecule has 0 aromatic heterocycles. The summed E-state index contributed by atoms with van der Waals surface area (Å²) < 4.78 is 10.2. The quantitative estimate of drug-likeness (QED) is 0.294. The molecule has 8 heteroatoms. The summed E-state index contributed by atoms with van der Waals surface area (Å²) in [5.41, 5.74) is 3.07. The number of nitro benzene ring substituents is 1. The number of hydrogen-bond donors (Lipinski definition) is 0. The molecule has 0 fully saturated rings. The molecule has 0 saturated carbocycles. The largest absolute Gasteiger partial charge is 0.497 e. The van der Waals surface area contributed by atoms with Crippen LogP contribution in [0.4, 0.5) is 5.69 Å². The number of nitro groups is 1. The van der Waals surface area contributed by atoms with Crippen molar-refractivity contribution >= 4 is 17.4 Å². The van der Waals surface area contributed by atoms with Crippen molar-refractivity contribution in [1.82, 2.24) is 5.01 Å². The molecule has 3 rings (SSSR count). The molecule has 0 spiro atoms. The van der Waals surface area contributed by atoms with Crippen LogP contribution in [-0.2, 0) is 9.53 Å². The van der Waals surface area contributed by atoms with E-state index in [1.807, 2.05) is 30.3 Å². The predicted molar refractivity (Wildman–Crippen MR) is 112 cm³/mol. The molecule has 0 N–H and O–H groups in total. The van der Waals surface area contributed by atoms with Crippen LogP contribution in [0.3, 0.4) is 0 Å². The van der Waals surface area contributed by atoms with Crippen LogP contribution in [0.5, 0.6) is 5.75 Å². The maximum atomic E-state index is 11.9. The van der Waals surface area contributed by atoms with Gasteiger partial charge < -0.3 is 9.47 Å². The SMILES string of the molecule is CCOC(=O)C=C(C)N1N=C(c2ccc(OC)cc2)C[C@H]1c1cccc([N+](=O)[O-])c1. The standard InChI is InChI=1S/C22H23N3O5/c1-4-30-22(26)12-15(2)24-21(17-6-5-7-18(13-17)25(27)28)14-20(23-24)16-8-10-19(29-3)11-9-16/h5-13,21H,4,14H2,1-3H3/t21-/m0/s1. The molecule has 8 nitrogen and oxygen atoms in total. The van der Waals surface area contributed by atoms with Gasteiger partial charge in [0, 0.05) is 30.3 Å². The molecule has 1 atom stereocenters. The van der Waals surface area contributed by atoms with E-state index in [1.165, 1.54) is 12.1 Å². The maximum absolute atomic E-state index is 11.9. The predicted octanol–water partition coefficient (Wildman–Crippen LogP) is 4.22. The summed E-state index contributed by atoms with van der Waals surface area (Å²) >= 11 is 0. The van der Waals surface area contributed by atoms with E-state index in [4.69, 9.17) is 14.6 Å². The number of allylic oxidation sites excluding steroid dienone is 1. The Bertz CT molecular complexity index is 998. The van der Waals surface area contributed by atoms with Gasteiger partial charge in [-0.2, -0.15) is 5.10 Å². The third-order valence-electron chi connectivity index (χ3n) is 4.77. The smallest absolute Gasteiger partial charge is 0.332 e. The van der Waals surface area contributed by atoms with E-state index < -0.39 is 10.9 Å². The van der Waals surface area contributed by atoms with Crippen molar-refractivity contribution in [3.05, 3.63) is 81.5 Å². The number of ether oxygens (including phenoxy) is 2. The van der Waals surface area contributed by atoms with E-state index in [1.54, 1.807) is 38.1 Å². The van der Waals surface area contributed by atoms with E-state index >= 15 is 0 Å². The average molecular weight is 409 g/mol. The van der Waals surface area contributed by atoms with E-state index in [0.29, 0.717) is 12.1 Å². The van der Waals surface area contributed by atoms with E-state index in [0.717, 1.165) is 22.6 Å². The summed E-state index contributed by atoms with van der Waals surface area (Å²) in [4.78, 5) is 22.7. The first-order valence-electron chi connectivity index (χ1n) is 9.53. The highest BCUT2D eigenvalue weighted by molar-refractivity contribution is 6.02. The van der Waals surface area contributed by atoms with Crippen molar-refractivity contribution < 1.29 is 19.2 Å². The lowest BCUT2D eigenvalue weighted by Gasteiger charge is -2.24. The zero-order valence-electron chi connectivity index (χ0n) is 17.1. The molecule has 0 unspecified atom stereocenters. The molecule has 1 aliphatic rings. The molecule has 156 valence electrons. The zero-order chi connectivity index (χ0) is 21.7. The van der Waals surface area contributed by atoms with Crippen LogP contribution in [0, 0.1) is 10.1 Å². The molecule has 0 saturated heterocycles. The van der Waals surface area contributed by atoms with Gasteiger partial charge in [0.15, 0.2) is 0 Å². The molecule has 1 aliphatic heterocycles. The fraction of sp³-hybridized carbons (Fsp3) is 0.273. The summed E-state index contributed by atoms with van der Waals surface area (Å²) in [6.07, 6.45) is 1.91. The van der Waals surface area contributed by atoms with Gasteiger partial charge in [-0.25, -0.2) is 4.79 Å². The third kappa shape index (κ3) is 4.65. The van der Waals surface area contributed by atoms with Gasteiger partial charge in [-0.3, -0.25) is 15.1 Å². The first kappa shape index (κ1) is 21.0. The lowest BCUT2D eigenvalue weighted by molar-refractivity contribution is -0.384. The molecule has 0 radical (unpaired) electrons. The highest BCUT2D eigenvalue weighted by Gasteiger charge is 2.31. The van der Waals surface area contributed by atoms with Crippen molar-refractivity contribution in [1.29, 1.82) is 0 Å². The Balaban J connectivity index is 1.98. The summed E-state index contributed by atoms with van der Waals surface area (Å²) in [7, 11) is 1.60. The van der Waals surface area contributed by atoms with Crippen molar-refractivity contribution in [3.63, 3.8) is 0 Å². The number of non-ortho nitro benzene ring substituents is 1. The molecule has 30 heavy (non-hydrogen) atoms. The van der Waals surface area contributed by atoms with Crippen LogP contribution in [0.2, 0.25) is 0 Å². The lowest BCUT2D eigenvalue weighted by Crippen LogP contribution is -2.19. The van der Waals surface area contributed by atoms with Gasteiger partial charge in [-0.1, -0.05) is 12.1 Å². The third-order valence-corrected chi connectivity index (χ3v) is 4.77. The van der Waals surface area contributed by atoms with Gasteiger partial charge in [-0.15, -0.1) is 0 Å². The van der Waals surface area contributed by atoms with Crippen LogP contribution in [0.15, 0.2) is 65.4 Å². The van der Waals surface area contributed by atoms with Crippen LogP contribution in [0.25, 0.3) is 0 Å². The number of benzene rings is 2. The van der Waals surface area contributed by atoms with Gasteiger partial charge in [0.05, 0.1) is 30.4 Å². The fourth-order valence-electron chi connectivity index (χ4n) is 3.32. The number of hydrazone groups is 1. The second-order valence-electron chi connectivity index (χ2n) is 6.73. The zero-order valence-corrected chi connectivity index (χ0v) is 17.1. The molecule has 2 aromatic carbocycles. The number of esters is 1. The van der Waals surface area contributed by atoms with E-state index in [9.17, 15) is 14.9 Å². The first-order valence-corrected chi connectivity index (χ1v) is 9.53. The van der Waals surface area contributed by atoms with Gasteiger partial charge in [0.2, 0.25) is 0 Å². The summed E-state index contributed by atoms with van der Waals surface area (Å²) in [5.74, 6) is 0.281. The van der Waals surface area contributed by atoms with Crippen LogP contribution >= 0.6 is 0 Å². The van der Waals surface area contributed by atoms with Gasteiger partial charge >= 0.3 is 5.97 Å². The number of hydrogen-bond acceptors (Lipinski definition) is 7. The summed E-state index contributed by atoms with van der Waals surface area (Å²) in [5, 5.41) is 17.7. The van der Waals surface area contributed by atoms with E-state index in [2.05, 4.69) is 0 Å². The van der Waals surface area contributed by atoms with Gasteiger partial charge in [-0.05, 0) is 49.2 Å². The monoisotopic (exact) mass is 409 g/mol. The Morgan fingerprint density at radius 1 is 1.30 bits per heavy atom. The average Bonchev–Trinajstić information content (AvgIpc) is 3.20. The Morgan fingerprint density at radius 2 is 2.03 bits per heavy atom. The molecule has 2 aromatic rings. The molecule has 0 bridgehead atoms. The Labute approximate surface area is 174 Å². The highest BCUT2D eigenvalue weighted by Crippen LogP contribution is 2.36. The van der Waals surface area contributed by atoms with Crippen molar-refractivity contribution in [3.8, 4) is 5.75 Å². The minimum Gasteiger partial charge on any atom is -0.497 e. The Morgan fingerprint density at radius 3 is 2.67 bits per heavy atom. The maximum Gasteiger partial charge on any atom is 0.332 e. The van der Waals surface area contributed by atoms with Gasteiger partial charge in [0.25, 0.3) is 5.69 Å². The Kier molecular flexibility index (Phi) is 6.46. The molecular weight excluding hydrogens is 386 g/mol. The first-order chi connectivity index (χ1) is 14.4. The molecule has 1 heterocycles. The molecular formula is C22H23N3O5. The highest BCUT2D eigenvalue weighted by atomic mass is 16.6. The summed E-state index contributed by atoms with van der Waals surface area (Å²) in [6, 6.07) is 13.7. The van der Waals surface area contributed by atoms with Crippen molar-refractivity contribution in [2.24, 2.45) is 5.10 Å². The number of rotatable bonds is 7. The fourth-order valence-corrected chi connectivity index (χ4v) is 3.32. The van der Waals surface area contributed by atoms with Crippen LogP contribution < -0.4 is 4.74 Å². The van der Waals surface area contributed by atoms with Gasteiger partial charge in [0.1, 0.15) is 5.75 Å². The van der Waals surface area contributed by atoms with E-state index in [-0.39, 0.29) is 18.3 Å². The minimum absolute atomic E-state index is 0.0115. The normalized spacial score (nSPS) is 16.2. The topological polar surface area (TPSA) is 94.3 Å². The number of carbonyl (C=O) groups is 1. The minimum atomic E-state index is -0.458. The van der Waals surface area contributed by atoms with Crippen molar-refractivity contribution in [2.45, 2.75) is 26.3 Å². The second kappa shape index (κ2) is 9.21. The molecule has 0 amide bonds. The second-order valence-corrected chi connectivity index (χ2v) is 6.73. The molecule has 0 aliphatic carbocycles. The summed E-state index contributed by atoms with van der Waals surface area (Å²) in [6.45, 7) is 3.78. The lowest BCUT2D eigenvalue weighted by atomic mass is 9.98. The van der Waals surface area contributed by atoms with Crippen LogP contribution in [0.1, 0.15) is 37.4 Å².